The van der Waals surface area contributed by atoms with Gasteiger partial charge in [-0.05, 0) is 40.3 Å². The molecule has 1 heteroatoms. The second-order valence-electron chi connectivity index (χ2n) is 3.51. The van der Waals surface area contributed by atoms with Crippen molar-refractivity contribution >= 4 is 0 Å². The van der Waals surface area contributed by atoms with Gasteiger partial charge >= 0.3 is 0 Å². The number of nitrogens with zero attached hydrogens (tertiary/aromatic N) is 1. The van der Waals surface area contributed by atoms with E-state index in [0.29, 0.717) is 5.54 Å². The van der Waals surface area contributed by atoms with Gasteiger partial charge in [-0.15, -0.1) is 0 Å². The monoisotopic (exact) mass is 129 g/mol. The highest BCUT2D eigenvalue weighted by Crippen LogP contribution is 2.19. The Labute approximate surface area is 59.1 Å². The topological polar surface area (TPSA) is 3.24 Å². The predicted molar refractivity (Wildman–Crippen MR) is 42.7 cm³/mol. The molecule has 9 heavy (non-hydrogen) atoms. The Morgan fingerprint density at radius 1 is 1.11 bits per heavy atom. The van der Waals surface area contributed by atoms with Crippen molar-refractivity contribution in [2.45, 2.75) is 40.2 Å². The van der Waals surface area contributed by atoms with Gasteiger partial charge in [-0.3, -0.25) is 4.90 Å². The van der Waals surface area contributed by atoms with Gasteiger partial charge in [0.05, 0.1) is 0 Å². The minimum atomic E-state index is 0. The normalized spacial score (nSPS) is 20.3. The van der Waals surface area contributed by atoms with E-state index in [-0.39, 0.29) is 7.43 Å². The Hall–Kier alpha value is -0.0400. The lowest BCUT2D eigenvalue weighted by molar-refractivity contribution is 0.0690. The molecule has 56 valence electrons. The summed E-state index contributed by atoms with van der Waals surface area (Å²) in [5.74, 6) is 0. The summed E-state index contributed by atoms with van der Waals surface area (Å²) >= 11 is 0. The maximum Gasteiger partial charge on any atom is 0.0125 e. The van der Waals surface area contributed by atoms with Crippen LogP contribution < -0.4 is 0 Å². The molecular weight excluding hydrogens is 110 g/mol. The van der Waals surface area contributed by atoms with E-state index in [0.717, 1.165) is 0 Å². The van der Waals surface area contributed by atoms with Crippen LogP contribution in [0.4, 0.5) is 0 Å². The molecule has 0 atom stereocenters. The van der Waals surface area contributed by atoms with Crippen molar-refractivity contribution in [2.24, 2.45) is 0 Å². The Morgan fingerprint density at radius 2 is 1.56 bits per heavy atom. The maximum absolute atomic E-state index is 2.49. The molecule has 1 nitrogen and oxygen atoms in total. The number of likely N-dealkylation sites (tertiary alicyclic amines) is 1. The highest BCUT2D eigenvalue weighted by atomic mass is 15.2. The molecule has 0 aromatic heterocycles. The summed E-state index contributed by atoms with van der Waals surface area (Å²) in [5.41, 5.74) is 0.429. The van der Waals surface area contributed by atoms with E-state index in [1.807, 2.05) is 0 Å². The zero-order chi connectivity index (χ0) is 6.20. The van der Waals surface area contributed by atoms with Crippen LogP contribution in [0.25, 0.3) is 0 Å². The van der Waals surface area contributed by atoms with Crippen molar-refractivity contribution in [1.29, 1.82) is 0 Å². The maximum atomic E-state index is 2.49. The average Bonchev–Trinajstić information content (AvgIpc) is 1.16. The van der Waals surface area contributed by atoms with E-state index in [2.05, 4.69) is 25.7 Å². The van der Waals surface area contributed by atoms with Crippen LogP contribution in [-0.4, -0.2) is 23.5 Å². The summed E-state index contributed by atoms with van der Waals surface area (Å²) in [4.78, 5) is 2.49. The Morgan fingerprint density at radius 3 is 1.56 bits per heavy atom. The summed E-state index contributed by atoms with van der Waals surface area (Å²) in [6.45, 7) is 9.43. The third-order valence-corrected chi connectivity index (χ3v) is 1.80. The van der Waals surface area contributed by atoms with Crippen molar-refractivity contribution < 1.29 is 0 Å². The van der Waals surface area contributed by atoms with E-state index in [4.69, 9.17) is 0 Å². The van der Waals surface area contributed by atoms with Crippen LogP contribution in [0.5, 0.6) is 0 Å². The summed E-state index contributed by atoms with van der Waals surface area (Å²) in [7, 11) is 0. The highest BCUT2D eigenvalue weighted by molar-refractivity contribution is 4.81. The standard InChI is InChI=1S/C7H15N.CH4/c1-7(2,3)8-5-4-6-8;/h4-6H2,1-3H3;1H4. The van der Waals surface area contributed by atoms with Crippen LogP contribution in [0.2, 0.25) is 0 Å². The molecule has 1 fully saturated rings. The minimum Gasteiger partial charge on any atom is -0.298 e. The quantitative estimate of drug-likeness (QED) is 0.484. The molecule has 1 aliphatic heterocycles. The third kappa shape index (κ3) is 1.98. The van der Waals surface area contributed by atoms with E-state index in [1.54, 1.807) is 0 Å². The lowest BCUT2D eigenvalue weighted by Gasteiger charge is -2.42. The second-order valence-corrected chi connectivity index (χ2v) is 3.51. The van der Waals surface area contributed by atoms with Gasteiger partial charge in [-0.1, -0.05) is 7.43 Å². The van der Waals surface area contributed by atoms with Crippen molar-refractivity contribution in [1.82, 2.24) is 4.90 Å². The zero-order valence-electron chi connectivity index (χ0n) is 6.07. The van der Waals surface area contributed by atoms with Gasteiger partial charge < -0.3 is 0 Å². The van der Waals surface area contributed by atoms with Gasteiger partial charge in [0.1, 0.15) is 0 Å². The lowest BCUT2D eigenvalue weighted by atomic mass is 10.0. The first-order valence-electron chi connectivity index (χ1n) is 3.36. The molecular formula is C8H19N. The van der Waals surface area contributed by atoms with Crippen molar-refractivity contribution in [3.8, 4) is 0 Å². The van der Waals surface area contributed by atoms with Crippen LogP contribution in [0.3, 0.4) is 0 Å². The van der Waals surface area contributed by atoms with Gasteiger partial charge in [-0.25, -0.2) is 0 Å². The third-order valence-electron chi connectivity index (χ3n) is 1.80. The molecule has 0 aromatic rings. The minimum absolute atomic E-state index is 0. The molecule has 0 spiro atoms. The van der Waals surface area contributed by atoms with Crippen molar-refractivity contribution in [3.05, 3.63) is 0 Å². The Bertz CT molecular complexity index is 77.1. The summed E-state index contributed by atoms with van der Waals surface area (Å²) in [6, 6.07) is 0. The fourth-order valence-electron chi connectivity index (χ4n) is 0.987. The van der Waals surface area contributed by atoms with Gasteiger partial charge in [0.2, 0.25) is 0 Å². The van der Waals surface area contributed by atoms with Crippen LogP contribution in [-0.2, 0) is 0 Å². The first-order chi connectivity index (χ1) is 3.61. The molecule has 0 aliphatic carbocycles. The van der Waals surface area contributed by atoms with E-state index >= 15 is 0 Å². The molecule has 0 aromatic carbocycles. The average molecular weight is 129 g/mol. The molecule has 0 unspecified atom stereocenters. The Kier molecular flexibility index (Phi) is 2.68. The molecule has 0 bridgehead atoms. The molecule has 0 amide bonds. The second kappa shape index (κ2) is 2.70. The van der Waals surface area contributed by atoms with Crippen molar-refractivity contribution in [2.75, 3.05) is 13.1 Å². The molecule has 1 saturated heterocycles. The van der Waals surface area contributed by atoms with E-state index in [9.17, 15) is 0 Å². The molecule has 0 saturated carbocycles. The molecule has 1 aliphatic rings. The van der Waals surface area contributed by atoms with E-state index in [1.165, 1.54) is 19.5 Å². The first kappa shape index (κ1) is 8.96. The fourth-order valence-corrected chi connectivity index (χ4v) is 0.987. The van der Waals surface area contributed by atoms with Crippen LogP contribution in [0, 0.1) is 0 Å². The Balaban J connectivity index is 0.000000640. The van der Waals surface area contributed by atoms with Crippen LogP contribution in [0.15, 0.2) is 0 Å². The van der Waals surface area contributed by atoms with Gasteiger partial charge in [0, 0.05) is 5.54 Å². The number of hydrogen-bond donors (Lipinski definition) is 0. The SMILES string of the molecule is C.CC(C)(C)N1CCC1. The fraction of sp³-hybridized carbons (Fsp3) is 1.00. The summed E-state index contributed by atoms with van der Waals surface area (Å²) in [6.07, 6.45) is 1.40. The lowest BCUT2D eigenvalue weighted by Crippen LogP contribution is -2.49. The molecule has 0 radical (unpaired) electrons. The van der Waals surface area contributed by atoms with Crippen LogP contribution in [0.1, 0.15) is 34.6 Å². The number of hydrogen-bond acceptors (Lipinski definition) is 1. The summed E-state index contributed by atoms with van der Waals surface area (Å²) in [5, 5.41) is 0. The zero-order valence-corrected chi connectivity index (χ0v) is 6.07. The predicted octanol–water partition coefficient (Wildman–Crippen LogP) is 2.13. The van der Waals surface area contributed by atoms with Gasteiger partial charge in [0.15, 0.2) is 0 Å². The largest absolute Gasteiger partial charge is 0.298 e. The molecule has 1 rings (SSSR count). The molecule has 1 heterocycles. The van der Waals surface area contributed by atoms with Crippen LogP contribution >= 0.6 is 0 Å². The van der Waals surface area contributed by atoms with Gasteiger partial charge in [-0.2, -0.15) is 0 Å². The first-order valence-corrected chi connectivity index (χ1v) is 3.36. The van der Waals surface area contributed by atoms with Gasteiger partial charge in [0.25, 0.3) is 0 Å². The summed E-state index contributed by atoms with van der Waals surface area (Å²) < 4.78 is 0. The highest BCUT2D eigenvalue weighted by Gasteiger charge is 2.25. The molecule has 0 N–H and O–H groups in total. The smallest absolute Gasteiger partial charge is 0.0125 e. The number of rotatable bonds is 0. The van der Waals surface area contributed by atoms with Crippen molar-refractivity contribution in [3.63, 3.8) is 0 Å². The van der Waals surface area contributed by atoms with E-state index < -0.39 is 0 Å².